The minimum absolute atomic E-state index is 0.0503. The molecule has 0 heterocycles. The van der Waals surface area contributed by atoms with Crippen molar-refractivity contribution >= 4 is 29.2 Å². The number of esters is 1. The molecule has 1 aromatic carbocycles. The molecule has 0 aliphatic heterocycles. The van der Waals surface area contributed by atoms with Crippen LogP contribution in [0.5, 0.6) is 5.75 Å². The fourth-order valence-corrected chi connectivity index (χ4v) is 1.93. The third-order valence-corrected chi connectivity index (χ3v) is 3.05. The summed E-state index contributed by atoms with van der Waals surface area (Å²) in [6, 6.07) is 5.02. The maximum atomic E-state index is 10.9. The topological polar surface area (TPSA) is 67.8 Å². The number of nitrogens with one attached hydrogen (secondary N) is 1. The molecule has 112 valence electrons. The van der Waals surface area contributed by atoms with E-state index in [4.69, 9.17) is 27.9 Å². The molecular weight excluding hydrogens is 305 g/mol. The zero-order valence-corrected chi connectivity index (χ0v) is 12.6. The molecule has 0 bridgehead atoms. The first-order chi connectivity index (χ1) is 9.54. The highest BCUT2D eigenvalue weighted by Crippen LogP contribution is 2.32. The van der Waals surface area contributed by atoms with Crippen LogP contribution >= 0.6 is 23.2 Å². The zero-order chi connectivity index (χ0) is 15.0. The molecule has 0 saturated carbocycles. The molecule has 1 rings (SSSR count). The highest BCUT2D eigenvalue weighted by molar-refractivity contribution is 6.37. The van der Waals surface area contributed by atoms with E-state index < -0.39 is 6.10 Å². The van der Waals surface area contributed by atoms with Gasteiger partial charge in [0.05, 0.1) is 23.6 Å². The van der Waals surface area contributed by atoms with Crippen molar-refractivity contribution in [3.8, 4) is 5.75 Å². The molecular formula is C13H17Cl2NO4. The van der Waals surface area contributed by atoms with Crippen LogP contribution in [0.4, 0.5) is 0 Å². The third-order valence-electron chi connectivity index (χ3n) is 2.45. The summed E-state index contributed by atoms with van der Waals surface area (Å²) in [5, 5.41) is 13.4. The summed E-state index contributed by atoms with van der Waals surface area (Å²) in [5.41, 5.74) is 0. The Labute approximate surface area is 127 Å². The number of carbonyl (C=O) groups is 1. The molecule has 0 radical (unpaired) electrons. The van der Waals surface area contributed by atoms with Crippen LogP contribution in [0.3, 0.4) is 0 Å². The van der Waals surface area contributed by atoms with Crippen molar-refractivity contribution in [2.24, 2.45) is 0 Å². The van der Waals surface area contributed by atoms with Crippen LogP contribution in [-0.4, -0.2) is 44.0 Å². The fraction of sp³-hybridized carbons (Fsp3) is 0.462. The zero-order valence-electron chi connectivity index (χ0n) is 11.1. The second-order valence-corrected chi connectivity index (χ2v) is 4.86. The summed E-state index contributed by atoms with van der Waals surface area (Å²) in [6.45, 7) is 0.768. The Morgan fingerprint density at radius 1 is 1.40 bits per heavy atom. The Morgan fingerprint density at radius 2 is 2.05 bits per heavy atom. The Kier molecular flexibility index (Phi) is 7.69. The Bertz CT molecular complexity index is 422. The van der Waals surface area contributed by atoms with Gasteiger partial charge < -0.3 is 19.9 Å². The van der Waals surface area contributed by atoms with Crippen molar-refractivity contribution < 1.29 is 19.4 Å². The van der Waals surface area contributed by atoms with Gasteiger partial charge in [-0.1, -0.05) is 29.3 Å². The molecule has 0 amide bonds. The molecule has 1 unspecified atom stereocenters. The summed E-state index contributed by atoms with van der Waals surface area (Å²) in [6.07, 6.45) is -0.486. The van der Waals surface area contributed by atoms with E-state index in [-0.39, 0.29) is 19.0 Å². The number of aliphatic hydroxyl groups is 1. The van der Waals surface area contributed by atoms with Crippen LogP contribution in [0.25, 0.3) is 0 Å². The first kappa shape index (κ1) is 17.0. The molecule has 2 N–H and O–H groups in total. The SMILES string of the molecule is COC(=O)CCNCC(O)COc1c(Cl)cccc1Cl. The van der Waals surface area contributed by atoms with Crippen molar-refractivity contribution in [1.82, 2.24) is 5.32 Å². The molecule has 0 fully saturated rings. The number of carbonyl (C=O) groups excluding carboxylic acids is 1. The number of rotatable bonds is 8. The van der Waals surface area contributed by atoms with Gasteiger partial charge in [-0.25, -0.2) is 0 Å². The summed E-state index contributed by atoms with van der Waals surface area (Å²) >= 11 is 11.9. The number of halogens is 2. The molecule has 0 aromatic heterocycles. The van der Waals surface area contributed by atoms with E-state index in [2.05, 4.69) is 10.1 Å². The largest absolute Gasteiger partial charge is 0.488 e. The van der Waals surface area contributed by atoms with Gasteiger partial charge in [0.15, 0.2) is 5.75 Å². The fourth-order valence-electron chi connectivity index (χ4n) is 1.42. The van der Waals surface area contributed by atoms with Crippen molar-refractivity contribution in [1.29, 1.82) is 0 Å². The van der Waals surface area contributed by atoms with Crippen LogP contribution in [0, 0.1) is 0 Å². The number of methoxy groups -OCH3 is 1. The average molecular weight is 322 g/mol. The lowest BCUT2D eigenvalue weighted by molar-refractivity contribution is -0.140. The van der Waals surface area contributed by atoms with Gasteiger partial charge in [0.1, 0.15) is 12.7 Å². The van der Waals surface area contributed by atoms with E-state index >= 15 is 0 Å². The first-order valence-electron chi connectivity index (χ1n) is 6.07. The molecule has 7 heteroatoms. The van der Waals surface area contributed by atoms with Crippen molar-refractivity contribution in [2.75, 3.05) is 26.8 Å². The van der Waals surface area contributed by atoms with E-state index in [9.17, 15) is 9.90 Å². The lowest BCUT2D eigenvalue weighted by Crippen LogP contribution is -2.32. The van der Waals surface area contributed by atoms with Crippen molar-refractivity contribution in [2.45, 2.75) is 12.5 Å². The van der Waals surface area contributed by atoms with Gasteiger partial charge >= 0.3 is 5.97 Å². The molecule has 20 heavy (non-hydrogen) atoms. The Morgan fingerprint density at radius 3 is 2.65 bits per heavy atom. The summed E-state index contributed by atoms with van der Waals surface area (Å²) in [7, 11) is 1.33. The second-order valence-electron chi connectivity index (χ2n) is 4.05. The smallest absolute Gasteiger partial charge is 0.306 e. The lowest BCUT2D eigenvalue weighted by Gasteiger charge is -2.14. The number of hydrogen-bond acceptors (Lipinski definition) is 5. The van der Waals surface area contributed by atoms with Gasteiger partial charge in [0.25, 0.3) is 0 Å². The van der Waals surface area contributed by atoms with Crippen molar-refractivity contribution in [3.05, 3.63) is 28.2 Å². The summed E-state index contributed by atoms with van der Waals surface area (Å²) < 4.78 is 9.88. The van der Waals surface area contributed by atoms with Gasteiger partial charge in [0, 0.05) is 13.1 Å². The highest BCUT2D eigenvalue weighted by atomic mass is 35.5. The number of ether oxygens (including phenoxy) is 2. The van der Waals surface area contributed by atoms with Crippen LogP contribution in [0.15, 0.2) is 18.2 Å². The van der Waals surface area contributed by atoms with Gasteiger partial charge in [-0.15, -0.1) is 0 Å². The number of aliphatic hydroxyl groups excluding tert-OH is 1. The molecule has 5 nitrogen and oxygen atoms in total. The number of benzene rings is 1. The normalized spacial score (nSPS) is 12.0. The lowest BCUT2D eigenvalue weighted by atomic mass is 10.3. The van der Waals surface area contributed by atoms with E-state index in [1.807, 2.05) is 0 Å². The molecule has 1 atom stereocenters. The maximum Gasteiger partial charge on any atom is 0.306 e. The predicted molar refractivity (Wildman–Crippen MR) is 77.5 cm³/mol. The quantitative estimate of drug-likeness (QED) is 0.565. The Balaban J connectivity index is 2.26. The van der Waals surface area contributed by atoms with Crippen LogP contribution < -0.4 is 10.1 Å². The van der Waals surface area contributed by atoms with E-state index in [0.29, 0.717) is 28.9 Å². The standard InChI is InChI=1S/C13H17Cl2NO4/c1-19-12(18)5-6-16-7-9(17)8-20-13-10(14)3-2-4-11(13)15/h2-4,9,16-17H,5-8H2,1H3. The van der Waals surface area contributed by atoms with Gasteiger partial charge in [-0.3, -0.25) is 4.79 Å². The second kappa shape index (κ2) is 9.02. The number of para-hydroxylation sites is 1. The van der Waals surface area contributed by atoms with Crippen LogP contribution in [0.1, 0.15) is 6.42 Å². The molecule has 0 spiro atoms. The average Bonchev–Trinajstić information content (AvgIpc) is 2.42. The summed E-state index contributed by atoms with van der Waals surface area (Å²) in [5.74, 6) is 0.0514. The highest BCUT2D eigenvalue weighted by Gasteiger charge is 2.10. The van der Waals surface area contributed by atoms with Crippen LogP contribution in [0.2, 0.25) is 10.0 Å². The molecule has 1 aromatic rings. The number of hydrogen-bond donors (Lipinski definition) is 2. The van der Waals surface area contributed by atoms with E-state index in [1.165, 1.54) is 7.11 Å². The monoisotopic (exact) mass is 321 g/mol. The van der Waals surface area contributed by atoms with Gasteiger partial charge in [-0.2, -0.15) is 0 Å². The van der Waals surface area contributed by atoms with Crippen molar-refractivity contribution in [3.63, 3.8) is 0 Å². The minimum Gasteiger partial charge on any atom is -0.488 e. The molecule has 0 aliphatic rings. The third kappa shape index (κ3) is 5.96. The minimum atomic E-state index is -0.736. The molecule has 0 aliphatic carbocycles. The molecule has 0 saturated heterocycles. The summed E-state index contributed by atoms with van der Waals surface area (Å²) in [4.78, 5) is 10.9. The Hall–Kier alpha value is -1.01. The first-order valence-corrected chi connectivity index (χ1v) is 6.82. The predicted octanol–water partition coefficient (Wildman–Crippen LogP) is 1.89. The van der Waals surface area contributed by atoms with Crippen LogP contribution in [-0.2, 0) is 9.53 Å². The van der Waals surface area contributed by atoms with Gasteiger partial charge in [-0.05, 0) is 12.1 Å². The van der Waals surface area contributed by atoms with E-state index in [1.54, 1.807) is 18.2 Å². The maximum absolute atomic E-state index is 10.9. The van der Waals surface area contributed by atoms with Gasteiger partial charge in [0.2, 0.25) is 0 Å². The van der Waals surface area contributed by atoms with E-state index in [0.717, 1.165) is 0 Å².